The molecule has 0 spiro atoms. The SMILES string of the molecule is CCCc1nc(CCC2CCCO2)n[nH]1. The summed E-state index contributed by atoms with van der Waals surface area (Å²) in [6, 6.07) is 0. The van der Waals surface area contributed by atoms with Crippen molar-refractivity contribution in [3.05, 3.63) is 11.6 Å². The Hall–Kier alpha value is -0.900. The zero-order valence-electron chi connectivity index (χ0n) is 9.33. The predicted octanol–water partition coefficient (Wildman–Crippen LogP) is 1.87. The summed E-state index contributed by atoms with van der Waals surface area (Å²) in [6.45, 7) is 3.08. The van der Waals surface area contributed by atoms with Gasteiger partial charge in [0.2, 0.25) is 0 Å². The van der Waals surface area contributed by atoms with Crippen LogP contribution in [0.2, 0.25) is 0 Å². The van der Waals surface area contributed by atoms with Gasteiger partial charge in [-0.25, -0.2) is 4.98 Å². The van der Waals surface area contributed by atoms with Gasteiger partial charge >= 0.3 is 0 Å². The molecular formula is C11H19N3O. The van der Waals surface area contributed by atoms with Crippen LogP contribution in [-0.4, -0.2) is 27.9 Å². The highest BCUT2D eigenvalue weighted by atomic mass is 16.5. The van der Waals surface area contributed by atoms with E-state index < -0.39 is 0 Å². The Balaban J connectivity index is 1.77. The largest absolute Gasteiger partial charge is 0.378 e. The zero-order chi connectivity index (χ0) is 10.5. The van der Waals surface area contributed by atoms with Crippen molar-refractivity contribution in [2.24, 2.45) is 0 Å². The maximum absolute atomic E-state index is 5.56. The van der Waals surface area contributed by atoms with Gasteiger partial charge in [0.25, 0.3) is 0 Å². The smallest absolute Gasteiger partial charge is 0.150 e. The van der Waals surface area contributed by atoms with E-state index >= 15 is 0 Å². The van der Waals surface area contributed by atoms with Gasteiger partial charge in [0.05, 0.1) is 6.10 Å². The fraction of sp³-hybridized carbons (Fsp3) is 0.818. The first kappa shape index (κ1) is 10.6. The number of aromatic amines is 1. The second-order valence-electron chi connectivity index (χ2n) is 4.12. The minimum Gasteiger partial charge on any atom is -0.378 e. The summed E-state index contributed by atoms with van der Waals surface area (Å²) in [5, 5.41) is 7.18. The van der Waals surface area contributed by atoms with E-state index in [1.165, 1.54) is 12.8 Å². The van der Waals surface area contributed by atoms with E-state index in [0.29, 0.717) is 6.10 Å². The Kier molecular flexibility index (Phi) is 3.72. The fourth-order valence-corrected chi connectivity index (χ4v) is 1.96. The standard InChI is InChI=1S/C11H19N3O/c1-2-4-10-12-11(14-13-10)7-6-9-5-3-8-15-9/h9H,2-8H2,1H3,(H,12,13,14). The van der Waals surface area contributed by atoms with E-state index in [1.807, 2.05) is 0 Å². The van der Waals surface area contributed by atoms with E-state index in [2.05, 4.69) is 22.1 Å². The first-order chi connectivity index (χ1) is 7.38. The van der Waals surface area contributed by atoms with Crippen LogP contribution in [-0.2, 0) is 17.6 Å². The van der Waals surface area contributed by atoms with E-state index in [4.69, 9.17) is 4.74 Å². The Labute approximate surface area is 90.4 Å². The van der Waals surface area contributed by atoms with Gasteiger partial charge in [-0.1, -0.05) is 6.92 Å². The maximum Gasteiger partial charge on any atom is 0.150 e. The molecule has 0 aromatic carbocycles. The Bertz CT molecular complexity index is 292. The first-order valence-electron chi connectivity index (χ1n) is 5.90. The van der Waals surface area contributed by atoms with Gasteiger partial charge in [-0.15, -0.1) is 0 Å². The van der Waals surface area contributed by atoms with Crippen molar-refractivity contribution in [2.45, 2.75) is 51.6 Å². The lowest BCUT2D eigenvalue weighted by Gasteiger charge is -2.05. The van der Waals surface area contributed by atoms with Crippen molar-refractivity contribution < 1.29 is 4.74 Å². The van der Waals surface area contributed by atoms with Crippen LogP contribution < -0.4 is 0 Å². The summed E-state index contributed by atoms with van der Waals surface area (Å²) >= 11 is 0. The van der Waals surface area contributed by atoms with Crippen molar-refractivity contribution in [1.29, 1.82) is 0 Å². The number of nitrogens with one attached hydrogen (secondary N) is 1. The van der Waals surface area contributed by atoms with Gasteiger partial charge in [-0.05, 0) is 25.7 Å². The molecular weight excluding hydrogens is 190 g/mol. The topological polar surface area (TPSA) is 50.8 Å². The molecule has 4 nitrogen and oxygen atoms in total. The lowest BCUT2D eigenvalue weighted by molar-refractivity contribution is 0.104. The number of nitrogens with zero attached hydrogens (tertiary/aromatic N) is 2. The highest BCUT2D eigenvalue weighted by Gasteiger charge is 2.16. The third kappa shape index (κ3) is 3.02. The summed E-state index contributed by atoms with van der Waals surface area (Å²) in [5.41, 5.74) is 0. The molecule has 1 atom stereocenters. The number of hydrogen-bond acceptors (Lipinski definition) is 3. The molecule has 1 aliphatic rings. The van der Waals surface area contributed by atoms with E-state index in [9.17, 15) is 0 Å². The monoisotopic (exact) mass is 209 g/mol. The molecule has 1 fully saturated rings. The predicted molar refractivity (Wildman–Crippen MR) is 57.7 cm³/mol. The van der Waals surface area contributed by atoms with Crippen molar-refractivity contribution in [3.63, 3.8) is 0 Å². The Morgan fingerprint density at radius 2 is 2.40 bits per heavy atom. The van der Waals surface area contributed by atoms with Crippen molar-refractivity contribution in [3.8, 4) is 0 Å². The number of rotatable bonds is 5. The molecule has 0 radical (unpaired) electrons. The van der Waals surface area contributed by atoms with Gasteiger partial charge in [-0.2, -0.15) is 5.10 Å². The van der Waals surface area contributed by atoms with Gasteiger partial charge < -0.3 is 4.74 Å². The summed E-state index contributed by atoms with van der Waals surface area (Å²) in [7, 11) is 0. The van der Waals surface area contributed by atoms with E-state index in [1.54, 1.807) is 0 Å². The molecule has 1 saturated heterocycles. The first-order valence-corrected chi connectivity index (χ1v) is 5.90. The molecule has 1 N–H and O–H groups in total. The number of H-pyrrole nitrogens is 1. The second-order valence-corrected chi connectivity index (χ2v) is 4.12. The number of hydrogen-bond donors (Lipinski definition) is 1. The zero-order valence-corrected chi connectivity index (χ0v) is 9.33. The molecule has 0 saturated carbocycles. The van der Waals surface area contributed by atoms with Gasteiger partial charge in [0, 0.05) is 19.4 Å². The van der Waals surface area contributed by atoms with Crippen LogP contribution in [0.3, 0.4) is 0 Å². The number of aryl methyl sites for hydroxylation is 2. The Morgan fingerprint density at radius 1 is 1.47 bits per heavy atom. The van der Waals surface area contributed by atoms with Gasteiger partial charge in [0.15, 0.2) is 5.82 Å². The molecule has 4 heteroatoms. The lowest BCUT2D eigenvalue weighted by atomic mass is 10.1. The Morgan fingerprint density at radius 3 is 3.13 bits per heavy atom. The average molecular weight is 209 g/mol. The second kappa shape index (κ2) is 5.26. The summed E-state index contributed by atoms with van der Waals surface area (Å²) in [5.74, 6) is 1.95. The quantitative estimate of drug-likeness (QED) is 0.805. The van der Waals surface area contributed by atoms with Crippen LogP contribution in [0.4, 0.5) is 0 Å². The molecule has 1 aromatic heterocycles. The molecule has 2 heterocycles. The number of aromatic nitrogens is 3. The summed E-state index contributed by atoms with van der Waals surface area (Å²) in [6.07, 6.45) is 6.95. The van der Waals surface area contributed by atoms with Crippen molar-refractivity contribution >= 4 is 0 Å². The molecule has 15 heavy (non-hydrogen) atoms. The normalized spacial score (nSPS) is 21.0. The lowest BCUT2D eigenvalue weighted by Crippen LogP contribution is -2.06. The van der Waals surface area contributed by atoms with E-state index in [0.717, 1.165) is 43.9 Å². The minimum atomic E-state index is 0.443. The van der Waals surface area contributed by atoms with Gasteiger partial charge in [0.1, 0.15) is 5.82 Å². The third-order valence-electron chi connectivity index (χ3n) is 2.78. The molecule has 1 unspecified atom stereocenters. The molecule has 0 amide bonds. The van der Waals surface area contributed by atoms with Crippen molar-refractivity contribution in [1.82, 2.24) is 15.2 Å². The van der Waals surface area contributed by atoms with Crippen LogP contribution in [0.15, 0.2) is 0 Å². The average Bonchev–Trinajstić information content (AvgIpc) is 2.85. The van der Waals surface area contributed by atoms with E-state index in [-0.39, 0.29) is 0 Å². The van der Waals surface area contributed by atoms with Crippen LogP contribution >= 0.6 is 0 Å². The maximum atomic E-state index is 5.56. The summed E-state index contributed by atoms with van der Waals surface area (Å²) in [4.78, 5) is 4.44. The van der Waals surface area contributed by atoms with Gasteiger partial charge in [-0.3, -0.25) is 5.10 Å². The molecule has 2 rings (SSSR count). The molecule has 0 bridgehead atoms. The molecule has 1 aromatic rings. The fourth-order valence-electron chi connectivity index (χ4n) is 1.96. The highest BCUT2D eigenvalue weighted by Crippen LogP contribution is 2.16. The minimum absolute atomic E-state index is 0.443. The van der Waals surface area contributed by atoms with Crippen LogP contribution in [0, 0.1) is 0 Å². The third-order valence-corrected chi connectivity index (χ3v) is 2.78. The van der Waals surface area contributed by atoms with Crippen LogP contribution in [0.5, 0.6) is 0 Å². The molecule has 0 aliphatic carbocycles. The molecule has 84 valence electrons. The van der Waals surface area contributed by atoms with Crippen molar-refractivity contribution in [2.75, 3.05) is 6.61 Å². The highest BCUT2D eigenvalue weighted by molar-refractivity contribution is 4.91. The number of ether oxygens (including phenoxy) is 1. The van der Waals surface area contributed by atoms with Crippen LogP contribution in [0.1, 0.15) is 44.3 Å². The van der Waals surface area contributed by atoms with Crippen LogP contribution in [0.25, 0.3) is 0 Å². The summed E-state index contributed by atoms with van der Waals surface area (Å²) < 4.78 is 5.56. The molecule has 1 aliphatic heterocycles.